The Balaban J connectivity index is 2.25. The van der Waals surface area contributed by atoms with E-state index >= 15 is 0 Å². The van der Waals surface area contributed by atoms with E-state index in [1.165, 1.54) is 0 Å². The summed E-state index contributed by atoms with van der Waals surface area (Å²) in [5, 5.41) is 7.87. The van der Waals surface area contributed by atoms with Crippen LogP contribution in [-0.4, -0.2) is 15.0 Å². The summed E-state index contributed by atoms with van der Waals surface area (Å²) in [7, 11) is 0. The quantitative estimate of drug-likeness (QED) is 0.819. The van der Waals surface area contributed by atoms with Crippen LogP contribution in [0.1, 0.15) is 30.6 Å². The molecule has 2 heterocycles. The maximum atomic E-state index is 6.08. The van der Waals surface area contributed by atoms with Gasteiger partial charge in [-0.15, -0.1) is 5.10 Å². The van der Waals surface area contributed by atoms with Gasteiger partial charge in [-0.3, -0.25) is 0 Å². The van der Waals surface area contributed by atoms with Gasteiger partial charge < -0.3 is 10.2 Å². The van der Waals surface area contributed by atoms with Crippen molar-refractivity contribution in [3.05, 3.63) is 36.0 Å². The number of aromatic nitrogens is 3. The minimum Gasteiger partial charge on any atom is -0.472 e. The van der Waals surface area contributed by atoms with Crippen molar-refractivity contribution >= 4 is 0 Å². The Morgan fingerprint density at radius 3 is 3.13 bits per heavy atom. The molecule has 0 aliphatic carbocycles. The van der Waals surface area contributed by atoms with Crippen LogP contribution in [0.15, 0.2) is 29.2 Å². The summed E-state index contributed by atoms with van der Waals surface area (Å²) in [6.45, 7) is 2.93. The maximum Gasteiger partial charge on any atom is 0.0954 e. The fourth-order valence-corrected chi connectivity index (χ4v) is 1.51. The van der Waals surface area contributed by atoms with Gasteiger partial charge in [0.05, 0.1) is 30.5 Å². The lowest BCUT2D eigenvalue weighted by molar-refractivity contribution is 0.537. The Bertz CT molecular complexity index is 407. The van der Waals surface area contributed by atoms with E-state index in [-0.39, 0.29) is 6.04 Å². The zero-order valence-electron chi connectivity index (χ0n) is 8.63. The molecule has 0 spiro atoms. The average molecular weight is 206 g/mol. The molecular weight excluding hydrogens is 192 g/mol. The monoisotopic (exact) mass is 206 g/mol. The predicted molar refractivity (Wildman–Crippen MR) is 55.1 cm³/mol. The van der Waals surface area contributed by atoms with Gasteiger partial charge in [-0.25, -0.2) is 4.68 Å². The zero-order valence-corrected chi connectivity index (χ0v) is 8.63. The van der Waals surface area contributed by atoms with E-state index in [0.29, 0.717) is 0 Å². The Hall–Kier alpha value is -1.62. The van der Waals surface area contributed by atoms with Crippen LogP contribution in [0.5, 0.6) is 0 Å². The third-order valence-electron chi connectivity index (χ3n) is 2.30. The first kappa shape index (κ1) is 9.92. The summed E-state index contributed by atoms with van der Waals surface area (Å²) < 4.78 is 6.83. The highest BCUT2D eigenvalue weighted by molar-refractivity contribution is 5.21. The van der Waals surface area contributed by atoms with Crippen LogP contribution in [0.25, 0.3) is 0 Å². The second-order valence-corrected chi connectivity index (χ2v) is 3.42. The fraction of sp³-hybridized carbons (Fsp3) is 0.400. The molecule has 0 aromatic carbocycles. The molecular formula is C10H14N4O. The van der Waals surface area contributed by atoms with Gasteiger partial charge in [-0.2, -0.15) is 0 Å². The number of furan rings is 1. The Morgan fingerprint density at radius 1 is 1.60 bits per heavy atom. The van der Waals surface area contributed by atoms with E-state index in [4.69, 9.17) is 10.2 Å². The lowest BCUT2D eigenvalue weighted by Gasteiger charge is -2.10. The topological polar surface area (TPSA) is 69.9 Å². The highest BCUT2D eigenvalue weighted by Gasteiger charge is 2.15. The number of nitrogens with two attached hydrogens (primary N) is 1. The standard InChI is InChI=1S/C10H14N4O/c1-2-4-14-9(6-12-13-14)10(11)8-3-5-15-7-8/h3,5-7,10H,2,4,11H2,1H3. The molecule has 0 bridgehead atoms. The second-order valence-electron chi connectivity index (χ2n) is 3.42. The van der Waals surface area contributed by atoms with Gasteiger partial charge in [0.15, 0.2) is 0 Å². The normalized spacial score (nSPS) is 12.9. The average Bonchev–Trinajstić information content (AvgIpc) is 2.87. The smallest absolute Gasteiger partial charge is 0.0954 e. The van der Waals surface area contributed by atoms with Crippen molar-refractivity contribution in [2.45, 2.75) is 25.9 Å². The van der Waals surface area contributed by atoms with Gasteiger partial charge in [0, 0.05) is 12.1 Å². The van der Waals surface area contributed by atoms with Gasteiger partial charge in [0.25, 0.3) is 0 Å². The number of rotatable bonds is 4. The molecule has 15 heavy (non-hydrogen) atoms. The minimum atomic E-state index is -0.217. The van der Waals surface area contributed by atoms with Crippen LogP contribution in [0, 0.1) is 0 Å². The Morgan fingerprint density at radius 2 is 2.47 bits per heavy atom. The first-order valence-corrected chi connectivity index (χ1v) is 4.99. The number of nitrogens with zero attached hydrogens (tertiary/aromatic N) is 3. The van der Waals surface area contributed by atoms with Gasteiger partial charge >= 0.3 is 0 Å². The van der Waals surface area contributed by atoms with E-state index in [1.807, 2.05) is 10.7 Å². The zero-order chi connectivity index (χ0) is 10.7. The molecule has 2 rings (SSSR count). The molecule has 0 aliphatic rings. The Kier molecular flexibility index (Phi) is 2.82. The van der Waals surface area contributed by atoms with Crippen LogP contribution in [0.2, 0.25) is 0 Å². The minimum absolute atomic E-state index is 0.217. The van der Waals surface area contributed by atoms with Gasteiger partial charge in [-0.1, -0.05) is 12.1 Å². The highest BCUT2D eigenvalue weighted by atomic mass is 16.3. The molecule has 80 valence electrons. The SMILES string of the molecule is CCCn1nncc1C(N)c1ccoc1. The van der Waals surface area contributed by atoms with Crippen molar-refractivity contribution in [1.29, 1.82) is 0 Å². The largest absolute Gasteiger partial charge is 0.472 e. The molecule has 2 N–H and O–H groups in total. The molecule has 0 radical (unpaired) electrons. The van der Waals surface area contributed by atoms with E-state index in [2.05, 4.69) is 17.2 Å². The molecule has 0 saturated heterocycles. The summed E-state index contributed by atoms with van der Waals surface area (Å²) in [5.41, 5.74) is 7.93. The lowest BCUT2D eigenvalue weighted by Crippen LogP contribution is -2.17. The molecule has 0 fully saturated rings. The third kappa shape index (κ3) is 1.92. The molecule has 0 aliphatic heterocycles. The van der Waals surface area contributed by atoms with Crippen LogP contribution >= 0.6 is 0 Å². The van der Waals surface area contributed by atoms with Crippen molar-refractivity contribution in [3.8, 4) is 0 Å². The molecule has 2 aromatic heterocycles. The first-order valence-electron chi connectivity index (χ1n) is 4.99. The lowest BCUT2D eigenvalue weighted by atomic mass is 10.1. The van der Waals surface area contributed by atoms with Crippen LogP contribution < -0.4 is 5.73 Å². The molecule has 1 unspecified atom stereocenters. The highest BCUT2D eigenvalue weighted by Crippen LogP contribution is 2.18. The number of hydrogen-bond acceptors (Lipinski definition) is 4. The second kappa shape index (κ2) is 4.27. The summed E-state index contributed by atoms with van der Waals surface area (Å²) >= 11 is 0. The van der Waals surface area contributed by atoms with Crippen LogP contribution in [-0.2, 0) is 6.54 Å². The summed E-state index contributed by atoms with van der Waals surface area (Å²) in [6, 6.07) is 1.64. The molecule has 0 amide bonds. The molecule has 5 heteroatoms. The van der Waals surface area contributed by atoms with Crippen LogP contribution in [0.3, 0.4) is 0 Å². The van der Waals surface area contributed by atoms with E-state index < -0.39 is 0 Å². The van der Waals surface area contributed by atoms with E-state index in [9.17, 15) is 0 Å². The van der Waals surface area contributed by atoms with Gasteiger partial charge in [0.1, 0.15) is 0 Å². The van der Waals surface area contributed by atoms with Crippen molar-refractivity contribution < 1.29 is 4.42 Å². The summed E-state index contributed by atoms with van der Waals surface area (Å²) in [6.07, 6.45) is 5.97. The number of hydrogen-bond donors (Lipinski definition) is 1. The van der Waals surface area contributed by atoms with Crippen LogP contribution in [0.4, 0.5) is 0 Å². The van der Waals surface area contributed by atoms with Gasteiger partial charge in [-0.05, 0) is 12.5 Å². The molecule has 2 aromatic rings. The van der Waals surface area contributed by atoms with Crippen molar-refractivity contribution in [2.24, 2.45) is 5.73 Å². The first-order chi connectivity index (χ1) is 7.33. The molecule has 5 nitrogen and oxygen atoms in total. The molecule has 1 atom stereocenters. The summed E-state index contributed by atoms with van der Waals surface area (Å²) in [4.78, 5) is 0. The van der Waals surface area contributed by atoms with E-state index in [0.717, 1.165) is 24.2 Å². The van der Waals surface area contributed by atoms with Crippen molar-refractivity contribution in [2.75, 3.05) is 0 Å². The maximum absolute atomic E-state index is 6.08. The number of aryl methyl sites for hydroxylation is 1. The predicted octanol–water partition coefficient (Wildman–Crippen LogP) is 1.33. The van der Waals surface area contributed by atoms with E-state index in [1.54, 1.807) is 18.7 Å². The van der Waals surface area contributed by atoms with Gasteiger partial charge in [0.2, 0.25) is 0 Å². The summed E-state index contributed by atoms with van der Waals surface area (Å²) in [5.74, 6) is 0. The Labute approximate surface area is 87.9 Å². The fourth-order valence-electron chi connectivity index (χ4n) is 1.51. The van der Waals surface area contributed by atoms with Crippen molar-refractivity contribution in [1.82, 2.24) is 15.0 Å². The molecule has 0 saturated carbocycles. The van der Waals surface area contributed by atoms with Crippen molar-refractivity contribution in [3.63, 3.8) is 0 Å². The third-order valence-corrected chi connectivity index (χ3v) is 2.30.